The molecule has 1 saturated heterocycles. The fraction of sp³-hybridized carbons (Fsp3) is 0.833. The van der Waals surface area contributed by atoms with E-state index in [-0.39, 0.29) is 29.5 Å². The number of hydrogen-bond acceptors (Lipinski definition) is 3. The van der Waals surface area contributed by atoms with Gasteiger partial charge in [-0.2, -0.15) is 0 Å². The topological polar surface area (TPSA) is 46.6 Å². The van der Waals surface area contributed by atoms with Crippen molar-refractivity contribution in [1.29, 1.82) is 0 Å². The van der Waals surface area contributed by atoms with Gasteiger partial charge >= 0.3 is 0 Å². The van der Waals surface area contributed by atoms with E-state index in [2.05, 4.69) is 0 Å². The third-order valence-electron chi connectivity index (χ3n) is 3.67. The van der Waals surface area contributed by atoms with Gasteiger partial charge in [-0.05, 0) is 12.8 Å². The summed E-state index contributed by atoms with van der Waals surface area (Å²) >= 11 is 5.61. The largest absolute Gasteiger partial charge is 0.377 e. The van der Waals surface area contributed by atoms with E-state index in [1.807, 2.05) is 0 Å². The zero-order valence-corrected chi connectivity index (χ0v) is 10.6. The zero-order valence-electron chi connectivity index (χ0n) is 9.86. The summed E-state index contributed by atoms with van der Waals surface area (Å²) in [4.78, 5) is 25.4. The molecule has 0 spiro atoms. The summed E-state index contributed by atoms with van der Waals surface area (Å²) in [6, 6.07) is -0.0946. The van der Waals surface area contributed by atoms with Crippen LogP contribution in [0.4, 0.5) is 0 Å². The van der Waals surface area contributed by atoms with Crippen LogP contribution in [0, 0.1) is 5.92 Å². The number of rotatable bonds is 2. The first-order valence-electron chi connectivity index (χ1n) is 6.20. The van der Waals surface area contributed by atoms with Gasteiger partial charge in [-0.1, -0.05) is 6.42 Å². The Morgan fingerprint density at radius 1 is 1.47 bits per heavy atom. The molecule has 0 aromatic rings. The molecular weight excluding hydrogens is 242 g/mol. The molecule has 2 unspecified atom stereocenters. The number of ketones is 1. The third-order valence-corrected chi connectivity index (χ3v) is 3.90. The third kappa shape index (κ3) is 2.80. The average molecular weight is 260 g/mol. The zero-order chi connectivity index (χ0) is 12.3. The number of carbonyl (C=O) groups is 2. The quantitative estimate of drug-likeness (QED) is 0.701. The van der Waals surface area contributed by atoms with Crippen LogP contribution in [-0.4, -0.2) is 48.3 Å². The highest BCUT2D eigenvalue weighted by molar-refractivity contribution is 6.27. The number of halogens is 1. The van der Waals surface area contributed by atoms with E-state index in [9.17, 15) is 9.59 Å². The molecule has 0 bridgehead atoms. The number of morpholine rings is 1. The predicted octanol–water partition coefficient (Wildman–Crippen LogP) is 1.21. The summed E-state index contributed by atoms with van der Waals surface area (Å²) in [5, 5.41) is 0. The molecule has 17 heavy (non-hydrogen) atoms. The lowest BCUT2D eigenvalue weighted by Crippen LogP contribution is -2.54. The Hall–Kier alpha value is -0.610. The second-order valence-electron chi connectivity index (χ2n) is 4.68. The molecule has 1 amide bonds. The fourth-order valence-electron chi connectivity index (χ4n) is 2.76. The highest BCUT2D eigenvalue weighted by Gasteiger charge is 2.37. The molecule has 2 rings (SSSR count). The summed E-state index contributed by atoms with van der Waals surface area (Å²) in [5.41, 5.74) is 0. The number of Topliss-reactive ketones (excluding diaryl/α,β-unsaturated/α-hetero) is 1. The van der Waals surface area contributed by atoms with Crippen molar-refractivity contribution < 1.29 is 14.3 Å². The number of alkyl halides is 1. The van der Waals surface area contributed by atoms with Crippen LogP contribution in [0.5, 0.6) is 0 Å². The van der Waals surface area contributed by atoms with Crippen LogP contribution in [0.15, 0.2) is 0 Å². The van der Waals surface area contributed by atoms with Gasteiger partial charge in [0.1, 0.15) is 11.7 Å². The molecule has 2 aliphatic rings. The van der Waals surface area contributed by atoms with Gasteiger partial charge in [0.2, 0.25) is 5.91 Å². The Morgan fingerprint density at radius 3 is 3.00 bits per heavy atom. The number of nitrogens with zero attached hydrogens (tertiary/aromatic N) is 1. The number of amides is 1. The van der Waals surface area contributed by atoms with Gasteiger partial charge < -0.3 is 9.64 Å². The Bertz CT molecular complexity index is 292. The van der Waals surface area contributed by atoms with E-state index in [4.69, 9.17) is 16.3 Å². The van der Waals surface area contributed by atoms with Gasteiger partial charge in [0.15, 0.2) is 0 Å². The van der Waals surface area contributed by atoms with Crippen molar-refractivity contribution in [2.24, 2.45) is 5.92 Å². The Kier molecular flexibility index (Phi) is 4.40. The molecule has 1 heterocycles. The summed E-state index contributed by atoms with van der Waals surface area (Å²) in [6.07, 6.45) is 3.56. The van der Waals surface area contributed by atoms with Crippen LogP contribution >= 0.6 is 11.6 Å². The van der Waals surface area contributed by atoms with Crippen LogP contribution in [0.2, 0.25) is 0 Å². The van der Waals surface area contributed by atoms with Crippen molar-refractivity contribution in [3.05, 3.63) is 0 Å². The SMILES string of the molecule is O=C1CCCCC1C1COCCN1C(=O)CCl. The van der Waals surface area contributed by atoms with E-state index in [1.54, 1.807) is 4.90 Å². The summed E-state index contributed by atoms with van der Waals surface area (Å²) in [7, 11) is 0. The van der Waals surface area contributed by atoms with Gasteiger partial charge in [-0.3, -0.25) is 9.59 Å². The average Bonchev–Trinajstić information content (AvgIpc) is 2.38. The first-order valence-corrected chi connectivity index (χ1v) is 6.73. The van der Waals surface area contributed by atoms with Crippen LogP contribution in [0.3, 0.4) is 0 Å². The molecule has 4 nitrogen and oxygen atoms in total. The summed E-state index contributed by atoms with van der Waals surface area (Å²) < 4.78 is 5.42. The maximum atomic E-state index is 11.9. The molecule has 0 N–H and O–H groups in total. The molecule has 0 aromatic carbocycles. The number of hydrogen-bond donors (Lipinski definition) is 0. The van der Waals surface area contributed by atoms with Gasteiger partial charge in [-0.25, -0.2) is 0 Å². The van der Waals surface area contributed by atoms with Crippen LogP contribution in [0.25, 0.3) is 0 Å². The van der Waals surface area contributed by atoms with E-state index in [0.29, 0.717) is 26.2 Å². The molecule has 1 aliphatic carbocycles. The van der Waals surface area contributed by atoms with Crippen LogP contribution in [-0.2, 0) is 14.3 Å². The van der Waals surface area contributed by atoms with Crippen molar-refractivity contribution in [2.45, 2.75) is 31.7 Å². The van der Waals surface area contributed by atoms with Gasteiger partial charge in [-0.15, -0.1) is 11.6 Å². The van der Waals surface area contributed by atoms with Crippen molar-refractivity contribution in [3.8, 4) is 0 Å². The highest BCUT2D eigenvalue weighted by Crippen LogP contribution is 2.28. The summed E-state index contributed by atoms with van der Waals surface area (Å²) in [6.45, 7) is 1.57. The lowest BCUT2D eigenvalue weighted by atomic mass is 9.82. The second kappa shape index (κ2) is 5.83. The Balaban J connectivity index is 2.09. The first-order chi connectivity index (χ1) is 8.24. The minimum Gasteiger partial charge on any atom is -0.377 e. The minimum atomic E-state index is -0.0946. The lowest BCUT2D eigenvalue weighted by molar-refractivity contribution is -0.144. The van der Waals surface area contributed by atoms with E-state index in [0.717, 1.165) is 19.3 Å². The van der Waals surface area contributed by atoms with Crippen LogP contribution < -0.4 is 0 Å². The number of carbonyl (C=O) groups excluding carboxylic acids is 2. The molecule has 5 heteroatoms. The molecule has 2 fully saturated rings. The molecule has 96 valence electrons. The van der Waals surface area contributed by atoms with Gasteiger partial charge in [0.05, 0.1) is 19.3 Å². The first kappa shape index (κ1) is 12.8. The van der Waals surface area contributed by atoms with E-state index >= 15 is 0 Å². The smallest absolute Gasteiger partial charge is 0.237 e. The highest BCUT2D eigenvalue weighted by atomic mass is 35.5. The minimum absolute atomic E-state index is 0.0165. The van der Waals surface area contributed by atoms with Crippen molar-refractivity contribution in [1.82, 2.24) is 4.90 Å². The predicted molar refractivity (Wildman–Crippen MR) is 64.0 cm³/mol. The maximum Gasteiger partial charge on any atom is 0.237 e. The molecule has 2 atom stereocenters. The molecule has 1 aliphatic heterocycles. The molecular formula is C12H18ClNO3. The molecule has 0 aromatic heterocycles. The van der Waals surface area contributed by atoms with Crippen molar-refractivity contribution >= 4 is 23.3 Å². The summed E-state index contributed by atoms with van der Waals surface area (Å²) in [5.74, 6) is 0.130. The van der Waals surface area contributed by atoms with Crippen molar-refractivity contribution in [3.63, 3.8) is 0 Å². The molecule has 1 saturated carbocycles. The van der Waals surface area contributed by atoms with Crippen LogP contribution in [0.1, 0.15) is 25.7 Å². The van der Waals surface area contributed by atoms with Gasteiger partial charge in [0, 0.05) is 18.9 Å². The van der Waals surface area contributed by atoms with Crippen molar-refractivity contribution in [2.75, 3.05) is 25.6 Å². The Morgan fingerprint density at radius 2 is 2.29 bits per heavy atom. The maximum absolute atomic E-state index is 11.9. The fourth-order valence-corrected chi connectivity index (χ4v) is 2.91. The molecule has 0 radical (unpaired) electrons. The van der Waals surface area contributed by atoms with E-state index < -0.39 is 0 Å². The normalized spacial score (nSPS) is 30.4. The van der Waals surface area contributed by atoms with E-state index in [1.165, 1.54) is 0 Å². The standard InChI is InChI=1S/C12H18ClNO3/c13-7-12(16)14-5-6-17-8-10(14)9-3-1-2-4-11(9)15/h9-10H,1-8H2. The second-order valence-corrected chi connectivity index (χ2v) is 4.95. The van der Waals surface area contributed by atoms with Gasteiger partial charge in [0.25, 0.3) is 0 Å². The number of ether oxygens (including phenoxy) is 1. The monoisotopic (exact) mass is 259 g/mol. The lowest BCUT2D eigenvalue weighted by Gasteiger charge is -2.40. The Labute approximate surface area is 106 Å².